The molecule has 0 spiro atoms. The van der Waals surface area contributed by atoms with Crippen LogP contribution in [0.25, 0.3) is 0 Å². The van der Waals surface area contributed by atoms with Gasteiger partial charge in [0.2, 0.25) is 0 Å². The summed E-state index contributed by atoms with van der Waals surface area (Å²) in [4.78, 5) is 13.5. The highest BCUT2D eigenvalue weighted by atomic mass is 16.6. The number of hydrogen-bond donors (Lipinski definition) is 1. The zero-order valence-corrected chi connectivity index (χ0v) is 11.8. The number of aliphatic hydroxyl groups is 1. The summed E-state index contributed by atoms with van der Waals surface area (Å²) >= 11 is 0. The molecule has 19 heavy (non-hydrogen) atoms. The van der Waals surface area contributed by atoms with Crippen LogP contribution < -0.4 is 0 Å². The SMILES string of the molecule is Cc1cc([C@@H]2CN(C(=O)OC(C)(C)C)C[C@H]2O)co1. The number of β-amino-alcohol motifs (C(OH)–C–C–N with tert-alkyl or cyclic N) is 1. The first-order valence-electron chi connectivity index (χ1n) is 6.47. The predicted molar refractivity (Wildman–Crippen MR) is 70.0 cm³/mol. The van der Waals surface area contributed by atoms with E-state index < -0.39 is 11.7 Å². The van der Waals surface area contributed by atoms with Crippen LogP contribution in [-0.2, 0) is 4.74 Å². The zero-order chi connectivity index (χ0) is 14.2. The minimum atomic E-state index is -0.579. The molecule has 106 valence electrons. The van der Waals surface area contributed by atoms with Crippen LogP contribution in [0.4, 0.5) is 4.79 Å². The van der Waals surface area contributed by atoms with Gasteiger partial charge in [-0.05, 0) is 39.3 Å². The second-order valence-corrected chi connectivity index (χ2v) is 6.05. The van der Waals surface area contributed by atoms with Crippen molar-refractivity contribution in [2.24, 2.45) is 0 Å². The average Bonchev–Trinajstić information content (AvgIpc) is 2.82. The van der Waals surface area contributed by atoms with Crippen molar-refractivity contribution in [1.29, 1.82) is 0 Å². The Hall–Kier alpha value is -1.49. The van der Waals surface area contributed by atoms with Crippen molar-refractivity contribution in [2.75, 3.05) is 13.1 Å². The Morgan fingerprint density at radius 2 is 2.16 bits per heavy atom. The summed E-state index contributed by atoms with van der Waals surface area (Å²) in [7, 11) is 0. The highest BCUT2D eigenvalue weighted by Gasteiger charge is 2.37. The molecule has 1 amide bonds. The van der Waals surface area contributed by atoms with Crippen molar-refractivity contribution in [3.05, 3.63) is 23.7 Å². The predicted octanol–water partition coefficient (Wildman–Crippen LogP) is 2.28. The van der Waals surface area contributed by atoms with Crippen molar-refractivity contribution >= 4 is 6.09 Å². The number of rotatable bonds is 1. The molecule has 0 bridgehead atoms. The molecule has 1 aromatic heterocycles. The number of ether oxygens (including phenoxy) is 1. The van der Waals surface area contributed by atoms with E-state index in [1.54, 1.807) is 11.2 Å². The molecule has 1 saturated heterocycles. The van der Waals surface area contributed by atoms with E-state index in [1.807, 2.05) is 33.8 Å². The Morgan fingerprint density at radius 1 is 1.47 bits per heavy atom. The molecule has 1 aromatic rings. The third-order valence-corrected chi connectivity index (χ3v) is 3.12. The maximum Gasteiger partial charge on any atom is 0.410 e. The van der Waals surface area contributed by atoms with E-state index in [0.717, 1.165) is 11.3 Å². The summed E-state index contributed by atoms with van der Waals surface area (Å²) in [5.41, 5.74) is 0.405. The molecule has 1 aliphatic heterocycles. The summed E-state index contributed by atoms with van der Waals surface area (Å²) < 4.78 is 10.6. The number of amides is 1. The fourth-order valence-corrected chi connectivity index (χ4v) is 2.25. The first-order chi connectivity index (χ1) is 8.76. The van der Waals surface area contributed by atoms with Gasteiger partial charge in [0.05, 0.1) is 18.9 Å². The van der Waals surface area contributed by atoms with Crippen LogP contribution in [-0.4, -0.2) is 40.9 Å². The smallest absolute Gasteiger partial charge is 0.410 e. The van der Waals surface area contributed by atoms with Crippen LogP contribution in [0, 0.1) is 6.92 Å². The van der Waals surface area contributed by atoms with Crippen LogP contribution in [0.1, 0.15) is 38.0 Å². The minimum Gasteiger partial charge on any atom is -0.469 e. The molecule has 0 unspecified atom stereocenters. The van der Waals surface area contributed by atoms with Gasteiger partial charge in [0.1, 0.15) is 11.4 Å². The summed E-state index contributed by atoms with van der Waals surface area (Å²) in [6, 6.07) is 1.90. The number of hydrogen-bond acceptors (Lipinski definition) is 4. The quantitative estimate of drug-likeness (QED) is 0.848. The van der Waals surface area contributed by atoms with Gasteiger partial charge in [-0.1, -0.05) is 0 Å². The third kappa shape index (κ3) is 3.29. The molecule has 1 N–H and O–H groups in total. The molecule has 1 aliphatic rings. The lowest BCUT2D eigenvalue weighted by molar-refractivity contribution is 0.0270. The molecule has 2 heterocycles. The molecule has 1 fully saturated rings. The Balaban J connectivity index is 2.03. The zero-order valence-electron chi connectivity index (χ0n) is 11.8. The van der Waals surface area contributed by atoms with Crippen molar-refractivity contribution in [1.82, 2.24) is 4.90 Å². The Morgan fingerprint density at radius 3 is 2.68 bits per heavy atom. The molecule has 5 heteroatoms. The number of carbonyl (C=O) groups is 1. The summed E-state index contributed by atoms with van der Waals surface area (Å²) in [6.45, 7) is 8.09. The molecular weight excluding hydrogens is 246 g/mol. The van der Waals surface area contributed by atoms with Crippen LogP contribution in [0.2, 0.25) is 0 Å². The Kier molecular flexibility index (Phi) is 3.58. The van der Waals surface area contributed by atoms with Gasteiger partial charge in [-0.3, -0.25) is 0 Å². The summed E-state index contributed by atoms with van der Waals surface area (Å²) in [6.07, 6.45) is 0.681. The minimum absolute atomic E-state index is 0.107. The van der Waals surface area contributed by atoms with Gasteiger partial charge >= 0.3 is 6.09 Å². The monoisotopic (exact) mass is 267 g/mol. The number of likely N-dealkylation sites (tertiary alicyclic amines) is 1. The van der Waals surface area contributed by atoms with Gasteiger partial charge in [0.25, 0.3) is 0 Å². The van der Waals surface area contributed by atoms with E-state index in [2.05, 4.69) is 0 Å². The van der Waals surface area contributed by atoms with E-state index >= 15 is 0 Å². The van der Waals surface area contributed by atoms with Crippen LogP contribution in [0.15, 0.2) is 16.7 Å². The third-order valence-electron chi connectivity index (χ3n) is 3.12. The molecule has 0 aromatic carbocycles. The lowest BCUT2D eigenvalue weighted by Crippen LogP contribution is -2.35. The van der Waals surface area contributed by atoms with E-state index in [0.29, 0.717) is 13.1 Å². The first kappa shape index (κ1) is 13.9. The number of carbonyl (C=O) groups excluding carboxylic acids is 1. The topological polar surface area (TPSA) is 62.9 Å². The van der Waals surface area contributed by atoms with Gasteiger partial charge in [-0.15, -0.1) is 0 Å². The average molecular weight is 267 g/mol. The normalized spacial score (nSPS) is 23.7. The van der Waals surface area contributed by atoms with Gasteiger partial charge in [-0.25, -0.2) is 4.79 Å². The van der Waals surface area contributed by atoms with E-state index in [4.69, 9.17) is 9.15 Å². The molecule has 2 atom stereocenters. The number of aryl methyl sites for hydroxylation is 1. The van der Waals surface area contributed by atoms with Gasteiger partial charge < -0.3 is 19.2 Å². The van der Waals surface area contributed by atoms with Crippen LogP contribution >= 0.6 is 0 Å². The van der Waals surface area contributed by atoms with Crippen molar-refractivity contribution < 1.29 is 19.1 Å². The fraction of sp³-hybridized carbons (Fsp3) is 0.643. The Bertz CT molecular complexity index is 460. The second-order valence-electron chi connectivity index (χ2n) is 6.05. The number of aliphatic hydroxyl groups excluding tert-OH is 1. The van der Waals surface area contributed by atoms with E-state index in [-0.39, 0.29) is 12.0 Å². The lowest BCUT2D eigenvalue weighted by atomic mass is 9.99. The van der Waals surface area contributed by atoms with Crippen molar-refractivity contribution in [2.45, 2.75) is 45.3 Å². The maximum atomic E-state index is 12.0. The molecule has 2 rings (SSSR count). The number of nitrogens with zero attached hydrogens (tertiary/aromatic N) is 1. The van der Waals surface area contributed by atoms with Gasteiger partial charge in [0, 0.05) is 12.5 Å². The molecule has 0 radical (unpaired) electrons. The Labute approximate surface area is 113 Å². The largest absolute Gasteiger partial charge is 0.469 e. The van der Waals surface area contributed by atoms with E-state index in [1.165, 1.54) is 0 Å². The van der Waals surface area contributed by atoms with Crippen LogP contribution in [0.5, 0.6) is 0 Å². The highest BCUT2D eigenvalue weighted by molar-refractivity contribution is 5.68. The number of furan rings is 1. The lowest BCUT2D eigenvalue weighted by Gasteiger charge is -2.24. The van der Waals surface area contributed by atoms with Gasteiger partial charge in [-0.2, -0.15) is 0 Å². The molecule has 0 aliphatic carbocycles. The molecule has 5 nitrogen and oxygen atoms in total. The highest BCUT2D eigenvalue weighted by Crippen LogP contribution is 2.29. The van der Waals surface area contributed by atoms with E-state index in [9.17, 15) is 9.90 Å². The van der Waals surface area contributed by atoms with Gasteiger partial charge in [0.15, 0.2) is 0 Å². The summed E-state index contributed by atoms with van der Waals surface area (Å²) in [5, 5.41) is 10.1. The molecular formula is C14H21NO4. The maximum absolute atomic E-state index is 12.0. The standard InChI is InChI=1S/C14H21NO4/c1-9-5-10(8-18-9)11-6-15(7-12(11)16)13(17)19-14(2,3)4/h5,8,11-12,16H,6-7H2,1-4H3/t11-,12+/m0/s1. The second kappa shape index (κ2) is 4.89. The summed E-state index contributed by atoms with van der Waals surface area (Å²) in [5.74, 6) is 0.697. The molecule has 0 saturated carbocycles. The van der Waals surface area contributed by atoms with Crippen molar-refractivity contribution in [3.8, 4) is 0 Å². The first-order valence-corrected chi connectivity index (χ1v) is 6.47. The van der Waals surface area contributed by atoms with Crippen LogP contribution in [0.3, 0.4) is 0 Å². The fourth-order valence-electron chi connectivity index (χ4n) is 2.25. The van der Waals surface area contributed by atoms with Crippen molar-refractivity contribution in [3.63, 3.8) is 0 Å².